The van der Waals surface area contributed by atoms with E-state index >= 15 is 0 Å². The smallest absolute Gasteiger partial charge is 0.328 e. The van der Waals surface area contributed by atoms with Crippen LogP contribution in [-0.2, 0) is 14.3 Å². The molecule has 0 spiro atoms. The average Bonchev–Trinajstić information content (AvgIpc) is 3.02. The van der Waals surface area contributed by atoms with Gasteiger partial charge in [0.05, 0.1) is 13.3 Å². The third-order valence-corrected chi connectivity index (χ3v) is 6.38. The zero-order valence-electron chi connectivity index (χ0n) is 26.6. The lowest BCUT2D eigenvalue weighted by atomic mass is 10.1. The van der Waals surface area contributed by atoms with Crippen LogP contribution < -0.4 is 15.4 Å². The largest absolute Gasteiger partial charge is 0.618 e. The number of hydrogen-bond donors (Lipinski definition) is 2. The Hall–Kier alpha value is -4.27. The van der Waals surface area contributed by atoms with Gasteiger partial charge < -0.3 is 20.6 Å². The zero-order chi connectivity index (χ0) is 32.3. The first kappa shape index (κ1) is 37.8. The van der Waals surface area contributed by atoms with Gasteiger partial charge in [0.2, 0.25) is 17.8 Å². The average molecular weight is 607 g/mol. The number of esters is 1. The molecule has 1 rings (SSSR count). The van der Waals surface area contributed by atoms with Crippen LogP contribution in [0, 0.1) is 12.1 Å². The number of carbonyl (C=O) groups is 3. The summed E-state index contributed by atoms with van der Waals surface area (Å²) in [4.78, 5) is 40.5. The van der Waals surface area contributed by atoms with Crippen molar-refractivity contribution in [2.24, 2.45) is 0 Å². The first-order chi connectivity index (χ1) is 21.4. The molecule has 9 nitrogen and oxygen atoms in total. The van der Waals surface area contributed by atoms with E-state index in [0.717, 1.165) is 44.7 Å². The molecule has 1 heterocycles. The summed E-state index contributed by atoms with van der Waals surface area (Å²) in [5.41, 5.74) is 0.268. The Balaban J connectivity index is 2.13. The van der Waals surface area contributed by atoms with Crippen molar-refractivity contribution in [3.63, 3.8) is 0 Å². The molecular weight excluding hydrogens is 556 g/mol. The number of ether oxygens (including phenoxy) is 1. The number of nitrogens with one attached hydrogen (secondary N) is 2. The monoisotopic (exact) mass is 606 g/mol. The molecule has 0 aliphatic rings. The van der Waals surface area contributed by atoms with Gasteiger partial charge in [-0.05, 0) is 64.2 Å². The van der Waals surface area contributed by atoms with Crippen LogP contribution in [0.3, 0.4) is 0 Å². The van der Waals surface area contributed by atoms with Crippen LogP contribution in [0.15, 0.2) is 85.3 Å². The third-order valence-electron chi connectivity index (χ3n) is 6.38. The second-order valence-corrected chi connectivity index (χ2v) is 10.1. The third kappa shape index (κ3) is 19.0. The van der Waals surface area contributed by atoms with E-state index in [9.17, 15) is 19.6 Å². The Morgan fingerprint density at radius 2 is 1.43 bits per heavy atom. The number of unbranched alkanes of at least 4 members (excludes halogenated alkanes) is 1. The predicted octanol–water partition coefficient (Wildman–Crippen LogP) is 6.06. The Morgan fingerprint density at radius 1 is 0.886 bits per heavy atom. The summed E-state index contributed by atoms with van der Waals surface area (Å²) in [5, 5.41) is 17.2. The minimum atomic E-state index is -0.875. The minimum Gasteiger partial charge on any atom is -0.618 e. The molecule has 0 saturated heterocycles. The summed E-state index contributed by atoms with van der Waals surface area (Å²) in [6.45, 7) is 4.19. The fraction of sp³-hybridized carbons (Fsp3) is 0.457. The Labute approximate surface area is 263 Å². The number of nitrogens with zero attached hydrogens (tertiary/aromatic N) is 2. The maximum atomic E-state index is 12.4. The lowest BCUT2D eigenvalue weighted by Crippen LogP contribution is -2.43. The summed E-state index contributed by atoms with van der Waals surface area (Å²) in [6, 6.07) is -0.875. The van der Waals surface area contributed by atoms with Crippen LogP contribution in [0.5, 0.6) is 0 Å². The number of allylic oxidation sites excluding steroid dienone is 12. The van der Waals surface area contributed by atoms with Gasteiger partial charge in [0.15, 0.2) is 5.69 Å². The topological polar surface area (TPSA) is 124 Å². The standard InChI is InChI=1S/C35H50N4O5/c1-4-5-6-7-8-9-10-11-12-13-14-15-16-17-18-19-20-21-22-26-33(40)36-27-24-23-25-31(35(42)44-3)38-34(41)32-29-39(43)30(2)28-37-32/h5-6,8-9,11-12,14-15,17-18,20-21,28-29,31H,4,7,10,13,16,19,22-27H2,1-3H3,(H,36,40)(H,38,41). The fourth-order valence-electron chi connectivity index (χ4n) is 3.85. The Morgan fingerprint density at radius 3 is 1.95 bits per heavy atom. The van der Waals surface area contributed by atoms with E-state index in [0.29, 0.717) is 49.1 Å². The maximum absolute atomic E-state index is 12.4. The fourth-order valence-corrected chi connectivity index (χ4v) is 3.85. The molecule has 2 N–H and O–H groups in total. The molecule has 9 heteroatoms. The SMILES string of the molecule is CCC=CCC=CCC=CCC=CCC=CCC=CCCC(=O)NCCCCC(NC(=O)c1c[n+]([O-])c(C)cn1)C(=O)OC. The van der Waals surface area contributed by atoms with Gasteiger partial charge in [0.1, 0.15) is 6.04 Å². The molecule has 0 saturated carbocycles. The molecule has 1 atom stereocenters. The molecule has 0 radical (unpaired) electrons. The highest BCUT2D eigenvalue weighted by Gasteiger charge is 2.23. The van der Waals surface area contributed by atoms with E-state index in [1.807, 2.05) is 6.08 Å². The number of methoxy groups -OCH3 is 1. The molecule has 1 unspecified atom stereocenters. The van der Waals surface area contributed by atoms with Gasteiger partial charge in [-0.15, -0.1) is 0 Å². The van der Waals surface area contributed by atoms with Gasteiger partial charge in [-0.2, -0.15) is 4.73 Å². The highest BCUT2D eigenvalue weighted by Crippen LogP contribution is 2.05. The molecule has 0 fully saturated rings. The van der Waals surface area contributed by atoms with Crippen LogP contribution in [0.4, 0.5) is 0 Å². The van der Waals surface area contributed by atoms with Crippen LogP contribution >= 0.6 is 0 Å². The van der Waals surface area contributed by atoms with Gasteiger partial charge in [0.25, 0.3) is 5.91 Å². The highest BCUT2D eigenvalue weighted by atomic mass is 16.5. The molecule has 0 aromatic carbocycles. The van der Waals surface area contributed by atoms with Gasteiger partial charge >= 0.3 is 5.97 Å². The van der Waals surface area contributed by atoms with E-state index in [4.69, 9.17) is 4.74 Å². The molecule has 240 valence electrons. The van der Waals surface area contributed by atoms with Crippen molar-refractivity contribution in [1.29, 1.82) is 0 Å². The van der Waals surface area contributed by atoms with E-state index in [2.05, 4.69) is 89.4 Å². The van der Waals surface area contributed by atoms with Crippen molar-refractivity contribution < 1.29 is 23.9 Å². The predicted molar refractivity (Wildman–Crippen MR) is 176 cm³/mol. The van der Waals surface area contributed by atoms with Crippen LogP contribution in [0.25, 0.3) is 0 Å². The number of aryl methyl sites for hydroxylation is 1. The summed E-state index contributed by atoms with van der Waals surface area (Å²) in [7, 11) is 1.25. The molecule has 44 heavy (non-hydrogen) atoms. The number of aromatic nitrogens is 2. The lowest BCUT2D eigenvalue weighted by molar-refractivity contribution is -0.613. The first-order valence-electron chi connectivity index (χ1n) is 15.5. The molecule has 0 bridgehead atoms. The van der Waals surface area contributed by atoms with Gasteiger partial charge in [-0.3, -0.25) is 9.59 Å². The second-order valence-electron chi connectivity index (χ2n) is 10.1. The summed E-state index contributed by atoms with van der Waals surface area (Å²) in [6.07, 6.45) is 36.6. The van der Waals surface area contributed by atoms with E-state index in [1.54, 1.807) is 6.92 Å². The van der Waals surface area contributed by atoms with Crippen molar-refractivity contribution in [3.8, 4) is 0 Å². The maximum Gasteiger partial charge on any atom is 0.328 e. The quantitative estimate of drug-likeness (QED) is 0.0544. The minimum absolute atomic E-state index is 0.0290. The number of amides is 2. The summed E-state index contributed by atoms with van der Waals surface area (Å²) in [5.74, 6) is -1.24. The Kier molecular flexibility index (Phi) is 21.7. The molecular formula is C35H50N4O5. The zero-order valence-corrected chi connectivity index (χ0v) is 26.6. The molecule has 0 aliphatic heterocycles. The van der Waals surface area contributed by atoms with E-state index in [1.165, 1.54) is 13.3 Å². The Bertz CT molecular complexity index is 1170. The molecule has 0 aliphatic carbocycles. The lowest BCUT2D eigenvalue weighted by Gasteiger charge is -2.16. The van der Waals surface area contributed by atoms with Gasteiger partial charge in [-0.25, -0.2) is 9.78 Å². The summed E-state index contributed by atoms with van der Waals surface area (Å²) < 4.78 is 5.33. The molecule has 1 aromatic heterocycles. The van der Waals surface area contributed by atoms with Crippen molar-refractivity contribution in [2.75, 3.05) is 13.7 Å². The summed E-state index contributed by atoms with van der Waals surface area (Å²) >= 11 is 0. The van der Waals surface area contributed by atoms with Gasteiger partial charge in [-0.1, -0.05) is 79.8 Å². The van der Waals surface area contributed by atoms with Crippen molar-refractivity contribution in [3.05, 3.63) is 102 Å². The van der Waals surface area contributed by atoms with Crippen LogP contribution in [0.2, 0.25) is 0 Å². The number of rotatable bonds is 22. The number of carbonyl (C=O) groups excluding carboxylic acids is 3. The van der Waals surface area contributed by atoms with Crippen molar-refractivity contribution in [1.82, 2.24) is 15.6 Å². The van der Waals surface area contributed by atoms with Gasteiger partial charge in [0, 0.05) is 19.9 Å². The highest BCUT2D eigenvalue weighted by molar-refractivity contribution is 5.94. The second kappa shape index (κ2) is 25.2. The molecule has 1 aromatic rings. The van der Waals surface area contributed by atoms with E-state index in [-0.39, 0.29) is 11.6 Å². The van der Waals surface area contributed by atoms with Crippen molar-refractivity contribution in [2.45, 2.75) is 90.5 Å². The normalized spacial score (nSPS) is 12.8. The van der Waals surface area contributed by atoms with Crippen LogP contribution in [-0.4, -0.2) is 42.5 Å². The van der Waals surface area contributed by atoms with Crippen molar-refractivity contribution >= 4 is 17.8 Å². The van der Waals surface area contributed by atoms with E-state index < -0.39 is 17.9 Å². The van der Waals surface area contributed by atoms with Crippen LogP contribution in [0.1, 0.15) is 93.7 Å². The molecule has 2 amide bonds. The first-order valence-corrected chi connectivity index (χ1v) is 15.5. The number of hydrogen-bond acceptors (Lipinski definition) is 6.